The molecule has 0 saturated carbocycles. The van der Waals surface area contributed by atoms with Crippen molar-refractivity contribution in [1.29, 1.82) is 0 Å². The summed E-state index contributed by atoms with van der Waals surface area (Å²) < 4.78 is 5.43. The summed E-state index contributed by atoms with van der Waals surface area (Å²) in [6.07, 6.45) is -0.610. The molecular weight excluding hydrogens is 563 g/mol. The SMILES string of the molecule is NC(=O)C[C@H](C(=O)OCc1ccc(Cl)cc1)N1C(=O)[C@H]2[C@H](C1=O)C1(Cl)c3ccccc3C2(Cl)c2ccccc21. The Kier molecular flexibility index (Phi) is 6.02. The van der Waals surface area contributed by atoms with Crippen molar-refractivity contribution in [3.05, 3.63) is 106 Å². The second-order valence-corrected chi connectivity index (χ2v) is 11.6. The smallest absolute Gasteiger partial charge is 0.330 e. The fourth-order valence-electron chi connectivity index (χ4n) is 6.30. The maximum atomic E-state index is 14.1. The van der Waals surface area contributed by atoms with E-state index in [-0.39, 0.29) is 6.61 Å². The quantitative estimate of drug-likeness (QED) is 0.266. The van der Waals surface area contributed by atoms with Crippen molar-refractivity contribution < 1.29 is 23.9 Å². The lowest BCUT2D eigenvalue weighted by atomic mass is 9.54. The Balaban J connectivity index is 1.42. The van der Waals surface area contributed by atoms with E-state index in [0.29, 0.717) is 32.8 Å². The second kappa shape index (κ2) is 9.08. The number of likely N-dealkylation sites (tertiary alicyclic amines) is 1. The largest absolute Gasteiger partial charge is 0.459 e. The highest BCUT2D eigenvalue weighted by Gasteiger charge is 2.73. The van der Waals surface area contributed by atoms with Gasteiger partial charge in [-0.2, -0.15) is 0 Å². The Bertz CT molecular complexity index is 1430. The molecule has 3 atom stereocenters. The zero-order chi connectivity index (χ0) is 27.7. The predicted octanol–water partition coefficient (Wildman–Crippen LogP) is 4.22. The van der Waals surface area contributed by atoms with Gasteiger partial charge in [-0.25, -0.2) is 4.79 Å². The maximum absolute atomic E-state index is 14.1. The summed E-state index contributed by atoms with van der Waals surface area (Å²) in [5.74, 6) is -5.47. The van der Waals surface area contributed by atoms with E-state index in [4.69, 9.17) is 45.3 Å². The lowest BCUT2D eigenvalue weighted by molar-refractivity contribution is -0.160. The van der Waals surface area contributed by atoms with E-state index in [1.165, 1.54) is 0 Å². The summed E-state index contributed by atoms with van der Waals surface area (Å²) in [5.41, 5.74) is 8.59. The number of benzene rings is 3. The van der Waals surface area contributed by atoms with Crippen LogP contribution in [-0.2, 0) is 40.3 Å². The van der Waals surface area contributed by atoms with Crippen LogP contribution in [0.3, 0.4) is 0 Å². The van der Waals surface area contributed by atoms with E-state index in [0.717, 1.165) is 4.90 Å². The van der Waals surface area contributed by atoms with Crippen LogP contribution in [0.1, 0.15) is 34.2 Å². The molecule has 3 aliphatic carbocycles. The van der Waals surface area contributed by atoms with E-state index < -0.39 is 57.7 Å². The number of amides is 3. The van der Waals surface area contributed by atoms with Crippen LogP contribution in [0, 0.1) is 11.8 Å². The number of hydrogen-bond acceptors (Lipinski definition) is 5. The van der Waals surface area contributed by atoms with Gasteiger partial charge in [0.2, 0.25) is 17.7 Å². The number of hydrogen-bond donors (Lipinski definition) is 1. The Morgan fingerprint density at radius 2 is 1.26 bits per heavy atom. The highest BCUT2D eigenvalue weighted by atomic mass is 35.5. The number of carbonyl (C=O) groups excluding carboxylic acids is 4. The van der Waals surface area contributed by atoms with Crippen LogP contribution in [0.2, 0.25) is 5.02 Å². The number of ether oxygens (including phenoxy) is 1. The highest BCUT2D eigenvalue weighted by Crippen LogP contribution is 2.69. The van der Waals surface area contributed by atoms with Crippen LogP contribution in [0.5, 0.6) is 0 Å². The molecule has 7 rings (SSSR count). The van der Waals surface area contributed by atoms with Crippen LogP contribution >= 0.6 is 34.8 Å². The first-order valence-corrected chi connectivity index (χ1v) is 13.4. The first kappa shape index (κ1) is 25.9. The number of rotatable bonds is 6. The second-order valence-electron chi connectivity index (χ2n) is 9.94. The average molecular weight is 584 g/mol. The van der Waals surface area contributed by atoms with Gasteiger partial charge in [0.15, 0.2) is 0 Å². The molecule has 3 aromatic carbocycles. The van der Waals surface area contributed by atoms with E-state index in [1.54, 1.807) is 72.8 Å². The molecule has 2 N–H and O–H groups in total. The van der Waals surface area contributed by atoms with Crippen LogP contribution < -0.4 is 5.73 Å². The van der Waals surface area contributed by atoms with Gasteiger partial charge in [0.1, 0.15) is 22.4 Å². The fraction of sp³-hybridized carbons (Fsp3) is 0.241. The van der Waals surface area contributed by atoms with Gasteiger partial charge in [-0.1, -0.05) is 72.3 Å². The number of imide groups is 1. The number of primary amides is 1. The molecule has 0 spiro atoms. The summed E-state index contributed by atoms with van der Waals surface area (Å²) in [6.45, 7) is -0.163. The summed E-state index contributed by atoms with van der Waals surface area (Å²) in [4.78, 5) is 51.6. The summed E-state index contributed by atoms with van der Waals surface area (Å²) in [5, 5.41) is 0.508. The van der Waals surface area contributed by atoms with Gasteiger partial charge in [-0.3, -0.25) is 19.3 Å². The van der Waals surface area contributed by atoms with Crippen molar-refractivity contribution in [2.24, 2.45) is 17.6 Å². The molecular formula is C29H21Cl3N2O5. The molecule has 4 aliphatic rings. The van der Waals surface area contributed by atoms with E-state index in [1.807, 2.05) is 0 Å². The number of nitrogens with two attached hydrogens (primary N) is 1. The Morgan fingerprint density at radius 3 is 1.67 bits per heavy atom. The molecule has 10 heteroatoms. The summed E-state index contributed by atoms with van der Waals surface area (Å²) >= 11 is 20.7. The first-order chi connectivity index (χ1) is 18.6. The van der Waals surface area contributed by atoms with Crippen LogP contribution in [0.15, 0.2) is 72.8 Å². The molecule has 2 bridgehead atoms. The minimum Gasteiger partial charge on any atom is -0.459 e. The van der Waals surface area contributed by atoms with Crippen molar-refractivity contribution in [3.8, 4) is 0 Å². The fourth-order valence-corrected chi connectivity index (χ4v) is 7.52. The molecule has 3 amide bonds. The van der Waals surface area contributed by atoms with Crippen LogP contribution in [0.25, 0.3) is 0 Å². The standard InChI is InChI=1S/C29H21Cl3N2O5/c30-16-11-9-15(10-12-16)14-39-27(38)21(13-22(33)35)34-25(36)23-24(26(34)37)29(32)18-6-2-1-5-17(18)28(23,31)19-7-3-4-8-20(19)29/h1-12,21,23-24H,13-14H2,(H2,33,35)/t21-,23-,24-,28?,29?/m1/s1. The maximum Gasteiger partial charge on any atom is 0.330 e. The zero-order valence-electron chi connectivity index (χ0n) is 20.3. The van der Waals surface area contributed by atoms with Crippen LogP contribution in [-0.4, -0.2) is 34.6 Å². The third-order valence-corrected chi connectivity index (χ3v) is 9.43. The van der Waals surface area contributed by atoms with Crippen molar-refractivity contribution in [2.45, 2.75) is 28.8 Å². The van der Waals surface area contributed by atoms with Crippen molar-refractivity contribution in [1.82, 2.24) is 4.90 Å². The normalized spacial score (nSPS) is 27.0. The van der Waals surface area contributed by atoms with Crippen molar-refractivity contribution >= 4 is 58.5 Å². The van der Waals surface area contributed by atoms with Crippen molar-refractivity contribution in [2.75, 3.05) is 0 Å². The number of esters is 1. The summed E-state index contributed by atoms with van der Waals surface area (Å²) in [6, 6.07) is 19.4. The Labute approximate surface area is 238 Å². The van der Waals surface area contributed by atoms with Crippen LogP contribution in [0.4, 0.5) is 0 Å². The van der Waals surface area contributed by atoms with Crippen molar-refractivity contribution in [3.63, 3.8) is 0 Å². The lowest BCUT2D eigenvalue weighted by Gasteiger charge is -2.54. The van der Waals surface area contributed by atoms with E-state index in [2.05, 4.69) is 0 Å². The number of carbonyl (C=O) groups is 4. The van der Waals surface area contributed by atoms with Gasteiger partial charge in [-0.15, -0.1) is 23.2 Å². The van der Waals surface area contributed by atoms with Gasteiger partial charge in [0, 0.05) is 5.02 Å². The average Bonchev–Trinajstić information content (AvgIpc) is 3.20. The molecule has 1 heterocycles. The number of alkyl halides is 2. The minimum atomic E-state index is -1.58. The molecule has 3 aromatic rings. The molecule has 39 heavy (non-hydrogen) atoms. The molecule has 198 valence electrons. The topological polar surface area (TPSA) is 107 Å². The van der Waals surface area contributed by atoms with Gasteiger partial charge in [-0.05, 0) is 39.9 Å². The van der Waals surface area contributed by atoms with Gasteiger partial charge in [0.05, 0.1) is 18.3 Å². The lowest BCUT2D eigenvalue weighted by Crippen LogP contribution is -2.57. The number of halogens is 3. The molecule has 0 unspecified atom stereocenters. The molecule has 0 aromatic heterocycles. The van der Waals surface area contributed by atoms with E-state index in [9.17, 15) is 19.2 Å². The van der Waals surface area contributed by atoms with Gasteiger partial charge in [0.25, 0.3) is 0 Å². The molecule has 1 saturated heterocycles. The van der Waals surface area contributed by atoms with Gasteiger partial charge < -0.3 is 10.5 Å². The molecule has 0 radical (unpaired) electrons. The predicted molar refractivity (Wildman–Crippen MR) is 144 cm³/mol. The molecule has 1 fully saturated rings. The third-order valence-electron chi connectivity index (χ3n) is 7.89. The first-order valence-electron chi connectivity index (χ1n) is 12.2. The summed E-state index contributed by atoms with van der Waals surface area (Å²) in [7, 11) is 0. The Hall–Kier alpha value is -3.39. The molecule has 7 nitrogen and oxygen atoms in total. The number of nitrogens with zero attached hydrogens (tertiary/aromatic N) is 1. The monoisotopic (exact) mass is 582 g/mol. The molecule has 1 aliphatic heterocycles. The van der Waals surface area contributed by atoms with Gasteiger partial charge >= 0.3 is 5.97 Å². The minimum absolute atomic E-state index is 0.163. The highest BCUT2D eigenvalue weighted by molar-refractivity contribution is 6.36. The zero-order valence-corrected chi connectivity index (χ0v) is 22.5. The Morgan fingerprint density at radius 1 is 0.821 bits per heavy atom. The van der Waals surface area contributed by atoms with E-state index >= 15 is 0 Å². The third kappa shape index (κ3) is 3.56.